The maximum absolute atomic E-state index is 12.6. The van der Waals surface area contributed by atoms with E-state index in [9.17, 15) is 18.0 Å². The summed E-state index contributed by atoms with van der Waals surface area (Å²) in [6.45, 7) is 5.09. The van der Waals surface area contributed by atoms with Crippen LogP contribution in [0.2, 0.25) is 0 Å². The van der Waals surface area contributed by atoms with Crippen molar-refractivity contribution in [3.05, 3.63) is 23.8 Å². The van der Waals surface area contributed by atoms with Gasteiger partial charge in [0.15, 0.2) is 0 Å². The fraction of sp³-hybridized carbons (Fsp3) is 0.417. The highest BCUT2D eigenvalue weighted by Crippen LogP contribution is 2.35. The van der Waals surface area contributed by atoms with Crippen LogP contribution in [0, 0.1) is 0 Å². The number of hydrogen-bond donors (Lipinski definition) is 1. The molecule has 6 heteroatoms. The predicted octanol–water partition coefficient (Wildman–Crippen LogP) is 3.12. The minimum Gasteiger partial charge on any atom is -0.370 e. The molecule has 0 saturated heterocycles. The van der Waals surface area contributed by atoms with Gasteiger partial charge in [-0.2, -0.15) is 13.2 Å². The van der Waals surface area contributed by atoms with Crippen molar-refractivity contribution in [1.29, 1.82) is 0 Å². The Morgan fingerprint density at radius 2 is 1.89 bits per heavy atom. The van der Waals surface area contributed by atoms with E-state index in [0.29, 0.717) is 25.2 Å². The predicted molar refractivity (Wildman–Crippen MR) is 64.7 cm³/mol. The van der Waals surface area contributed by atoms with Gasteiger partial charge in [-0.25, -0.2) is 0 Å². The zero-order valence-corrected chi connectivity index (χ0v) is 10.2. The molecule has 1 amide bonds. The molecule has 0 radical (unpaired) electrons. The van der Waals surface area contributed by atoms with Crippen LogP contribution in [-0.2, 0) is 11.0 Å². The Kier molecular flexibility index (Phi) is 4.58. The lowest BCUT2D eigenvalue weighted by atomic mass is 10.1. The van der Waals surface area contributed by atoms with Crippen molar-refractivity contribution in [1.82, 2.24) is 0 Å². The largest absolute Gasteiger partial charge is 0.416 e. The summed E-state index contributed by atoms with van der Waals surface area (Å²) >= 11 is 0. The minimum atomic E-state index is -4.42. The van der Waals surface area contributed by atoms with Crippen LogP contribution < -0.4 is 10.2 Å². The smallest absolute Gasteiger partial charge is 0.370 e. The van der Waals surface area contributed by atoms with E-state index in [1.807, 2.05) is 18.7 Å². The van der Waals surface area contributed by atoms with Crippen LogP contribution in [-0.4, -0.2) is 19.5 Å². The van der Waals surface area contributed by atoms with Crippen molar-refractivity contribution in [2.45, 2.75) is 20.0 Å². The van der Waals surface area contributed by atoms with E-state index in [0.717, 1.165) is 12.1 Å². The molecule has 0 aliphatic carbocycles. The molecule has 0 aliphatic heterocycles. The lowest BCUT2D eigenvalue weighted by Crippen LogP contribution is -2.23. The van der Waals surface area contributed by atoms with Gasteiger partial charge in [-0.15, -0.1) is 0 Å². The molecule has 0 aliphatic rings. The van der Waals surface area contributed by atoms with Crippen molar-refractivity contribution in [3.8, 4) is 0 Å². The number of carbonyl (C=O) groups is 1. The van der Waals surface area contributed by atoms with Crippen molar-refractivity contribution in [3.63, 3.8) is 0 Å². The molecule has 1 N–H and O–H groups in total. The Morgan fingerprint density at radius 1 is 1.28 bits per heavy atom. The molecular formula is C12H15F3N2O. The number of carbonyl (C=O) groups excluding carboxylic acids is 1. The van der Waals surface area contributed by atoms with Crippen LogP contribution in [0.1, 0.15) is 19.4 Å². The van der Waals surface area contributed by atoms with Gasteiger partial charge in [0.1, 0.15) is 0 Å². The normalized spacial score (nSPS) is 11.2. The first-order valence-electron chi connectivity index (χ1n) is 5.60. The molecule has 0 bridgehead atoms. The van der Waals surface area contributed by atoms with Crippen molar-refractivity contribution < 1.29 is 18.0 Å². The molecule has 0 fully saturated rings. The molecular weight excluding hydrogens is 245 g/mol. The Balaban J connectivity index is 3.23. The van der Waals surface area contributed by atoms with Crippen LogP contribution in [0.15, 0.2) is 18.2 Å². The van der Waals surface area contributed by atoms with Crippen molar-refractivity contribution >= 4 is 17.8 Å². The summed E-state index contributed by atoms with van der Waals surface area (Å²) in [4.78, 5) is 12.3. The lowest BCUT2D eigenvalue weighted by molar-refractivity contribution is -0.137. The maximum Gasteiger partial charge on any atom is 0.416 e. The zero-order chi connectivity index (χ0) is 13.8. The molecule has 18 heavy (non-hydrogen) atoms. The van der Waals surface area contributed by atoms with E-state index in [4.69, 9.17) is 0 Å². The van der Waals surface area contributed by atoms with Gasteiger partial charge in [0.05, 0.1) is 16.9 Å². The molecule has 0 spiro atoms. The topological polar surface area (TPSA) is 32.3 Å². The summed E-state index contributed by atoms with van der Waals surface area (Å²) in [5.74, 6) is 0. The first-order chi connectivity index (χ1) is 8.43. The molecule has 1 aromatic rings. The second-order valence-corrected chi connectivity index (χ2v) is 3.66. The molecule has 0 aromatic heterocycles. The first-order valence-corrected chi connectivity index (χ1v) is 5.60. The summed E-state index contributed by atoms with van der Waals surface area (Å²) in [5, 5.41) is 2.32. The monoisotopic (exact) mass is 260 g/mol. The van der Waals surface area contributed by atoms with Gasteiger partial charge in [0, 0.05) is 13.1 Å². The zero-order valence-electron chi connectivity index (χ0n) is 10.2. The SMILES string of the molecule is CCN(CC)c1ccc(C(F)(F)F)cc1NC=O. The third-order valence-electron chi connectivity index (χ3n) is 2.64. The van der Waals surface area contributed by atoms with Gasteiger partial charge in [-0.05, 0) is 32.0 Å². The summed E-state index contributed by atoms with van der Waals surface area (Å²) < 4.78 is 37.7. The summed E-state index contributed by atoms with van der Waals surface area (Å²) in [5.41, 5.74) is -0.0219. The highest BCUT2D eigenvalue weighted by molar-refractivity contribution is 5.82. The average molecular weight is 260 g/mol. The number of rotatable bonds is 5. The quantitative estimate of drug-likeness (QED) is 0.825. The summed E-state index contributed by atoms with van der Waals surface area (Å²) in [6, 6.07) is 3.34. The highest BCUT2D eigenvalue weighted by atomic mass is 19.4. The highest BCUT2D eigenvalue weighted by Gasteiger charge is 2.31. The van der Waals surface area contributed by atoms with Gasteiger partial charge in [0.2, 0.25) is 6.41 Å². The standard InChI is InChI=1S/C12H15F3N2O/c1-3-17(4-2)11-6-5-9(12(13,14)15)7-10(11)16-8-18/h5-8H,3-4H2,1-2H3,(H,16,18). The Bertz CT molecular complexity index is 414. The molecule has 100 valence electrons. The number of hydrogen-bond acceptors (Lipinski definition) is 2. The van der Waals surface area contributed by atoms with E-state index >= 15 is 0 Å². The van der Waals surface area contributed by atoms with Crippen LogP contribution in [0.4, 0.5) is 24.5 Å². The Morgan fingerprint density at radius 3 is 2.33 bits per heavy atom. The van der Waals surface area contributed by atoms with Crippen LogP contribution in [0.5, 0.6) is 0 Å². The number of nitrogens with one attached hydrogen (secondary N) is 1. The fourth-order valence-corrected chi connectivity index (χ4v) is 1.73. The molecule has 1 aromatic carbocycles. The van der Waals surface area contributed by atoms with Gasteiger partial charge >= 0.3 is 6.18 Å². The van der Waals surface area contributed by atoms with Gasteiger partial charge in [-0.1, -0.05) is 0 Å². The number of amides is 1. The van der Waals surface area contributed by atoms with Crippen LogP contribution in [0.25, 0.3) is 0 Å². The van der Waals surface area contributed by atoms with Gasteiger partial charge in [0.25, 0.3) is 0 Å². The maximum atomic E-state index is 12.6. The third kappa shape index (κ3) is 3.15. The van der Waals surface area contributed by atoms with E-state index < -0.39 is 11.7 Å². The molecule has 0 heterocycles. The second kappa shape index (κ2) is 5.75. The number of nitrogens with zero attached hydrogens (tertiary/aromatic N) is 1. The molecule has 0 unspecified atom stereocenters. The molecule has 3 nitrogen and oxygen atoms in total. The number of alkyl halides is 3. The number of benzene rings is 1. The molecule has 1 rings (SSSR count). The fourth-order valence-electron chi connectivity index (χ4n) is 1.73. The summed E-state index contributed by atoms with van der Waals surface area (Å²) in [7, 11) is 0. The number of halogens is 3. The first kappa shape index (κ1) is 14.3. The van der Waals surface area contributed by atoms with E-state index in [2.05, 4.69) is 5.32 Å². The third-order valence-corrected chi connectivity index (χ3v) is 2.64. The van der Waals surface area contributed by atoms with Crippen molar-refractivity contribution in [2.24, 2.45) is 0 Å². The van der Waals surface area contributed by atoms with Crippen LogP contribution in [0.3, 0.4) is 0 Å². The number of anilines is 2. The van der Waals surface area contributed by atoms with Gasteiger partial charge in [-0.3, -0.25) is 4.79 Å². The van der Waals surface area contributed by atoms with Gasteiger partial charge < -0.3 is 10.2 Å². The second-order valence-electron chi connectivity index (χ2n) is 3.66. The van der Waals surface area contributed by atoms with E-state index in [1.165, 1.54) is 6.07 Å². The Labute approximate surface area is 104 Å². The lowest BCUT2D eigenvalue weighted by Gasteiger charge is -2.24. The summed E-state index contributed by atoms with van der Waals surface area (Å²) in [6.07, 6.45) is -4.04. The van der Waals surface area contributed by atoms with Crippen molar-refractivity contribution in [2.75, 3.05) is 23.3 Å². The van der Waals surface area contributed by atoms with E-state index in [1.54, 1.807) is 0 Å². The average Bonchev–Trinajstić information content (AvgIpc) is 2.31. The van der Waals surface area contributed by atoms with E-state index in [-0.39, 0.29) is 5.69 Å². The molecule has 0 atom stereocenters. The Hall–Kier alpha value is -1.72. The minimum absolute atomic E-state index is 0.170. The molecule has 0 saturated carbocycles. The van der Waals surface area contributed by atoms with Crippen LogP contribution >= 0.6 is 0 Å².